The molecule has 7 nitrogen and oxygen atoms in total. The molecular formula is C23H18N4O3. The van der Waals surface area contributed by atoms with Gasteiger partial charge in [0.15, 0.2) is 5.75 Å². The molecule has 0 atom stereocenters. The average molecular weight is 398 g/mol. The molecule has 0 aliphatic rings. The molecule has 0 aliphatic carbocycles. The number of carbonyl (C=O) groups excluding carboxylic acids is 1. The first-order valence-electron chi connectivity index (χ1n) is 9.29. The van der Waals surface area contributed by atoms with Crippen molar-refractivity contribution in [2.24, 2.45) is 0 Å². The van der Waals surface area contributed by atoms with Crippen LogP contribution >= 0.6 is 0 Å². The lowest BCUT2D eigenvalue weighted by Crippen LogP contribution is -2.29. The van der Waals surface area contributed by atoms with Crippen LogP contribution in [0.15, 0.2) is 96.1 Å². The average Bonchev–Trinajstić information content (AvgIpc) is 2.78. The van der Waals surface area contributed by atoms with Crippen LogP contribution in [0.3, 0.4) is 0 Å². The molecule has 0 saturated heterocycles. The summed E-state index contributed by atoms with van der Waals surface area (Å²) in [6.45, 7) is -0.225. The first-order valence-corrected chi connectivity index (χ1v) is 9.29. The SMILES string of the molecule is O=C(Cn1nc(-c2ccncc2)ccc1=O)Nc1ccccc1Oc1ccccc1. The molecule has 148 valence electrons. The Labute approximate surface area is 172 Å². The van der Waals surface area contributed by atoms with E-state index in [0.717, 1.165) is 10.2 Å². The normalized spacial score (nSPS) is 10.4. The van der Waals surface area contributed by atoms with Gasteiger partial charge < -0.3 is 10.1 Å². The minimum atomic E-state index is -0.388. The largest absolute Gasteiger partial charge is 0.455 e. The minimum absolute atomic E-state index is 0.225. The molecule has 1 N–H and O–H groups in total. The number of para-hydroxylation sites is 3. The summed E-state index contributed by atoms with van der Waals surface area (Å²) >= 11 is 0. The quantitative estimate of drug-likeness (QED) is 0.535. The fourth-order valence-corrected chi connectivity index (χ4v) is 2.84. The fourth-order valence-electron chi connectivity index (χ4n) is 2.84. The van der Waals surface area contributed by atoms with Gasteiger partial charge in [-0.2, -0.15) is 5.10 Å². The van der Waals surface area contributed by atoms with Crippen molar-refractivity contribution in [3.63, 3.8) is 0 Å². The maximum absolute atomic E-state index is 12.6. The van der Waals surface area contributed by atoms with Crippen LogP contribution in [0.5, 0.6) is 11.5 Å². The highest BCUT2D eigenvalue weighted by Gasteiger charge is 2.11. The van der Waals surface area contributed by atoms with Crippen LogP contribution in [0.2, 0.25) is 0 Å². The Balaban J connectivity index is 1.51. The predicted molar refractivity (Wildman–Crippen MR) is 113 cm³/mol. The van der Waals surface area contributed by atoms with Crippen molar-refractivity contribution in [2.75, 3.05) is 5.32 Å². The first-order chi connectivity index (χ1) is 14.7. The summed E-state index contributed by atoms with van der Waals surface area (Å²) in [5.41, 5.74) is 1.53. The number of benzene rings is 2. The highest BCUT2D eigenvalue weighted by molar-refractivity contribution is 5.92. The van der Waals surface area contributed by atoms with E-state index < -0.39 is 0 Å². The number of ether oxygens (including phenoxy) is 1. The standard InChI is InChI=1S/C23H18N4O3/c28-22(16-27-23(29)11-10-19(26-27)17-12-14-24-15-13-17)25-20-8-4-5-9-21(20)30-18-6-2-1-3-7-18/h1-15H,16H2,(H,25,28). The molecule has 7 heteroatoms. The van der Waals surface area contributed by atoms with Gasteiger partial charge in [0.1, 0.15) is 12.3 Å². The maximum Gasteiger partial charge on any atom is 0.267 e. The van der Waals surface area contributed by atoms with E-state index in [1.807, 2.05) is 36.4 Å². The molecule has 0 fully saturated rings. The Hall–Kier alpha value is -4.26. The Morgan fingerprint density at radius 1 is 0.900 bits per heavy atom. The fraction of sp³-hybridized carbons (Fsp3) is 0.0435. The highest BCUT2D eigenvalue weighted by Crippen LogP contribution is 2.29. The highest BCUT2D eigenvalue weighted by atomic mass is 16.5. The molecule has 30 heavy (non-hydrogen) atoms. The summed E-state index contributed by atoms with van der Waals surface area (Å²) < 4.78 is 6.99. The summed E-state index contributed by atoms with van der Waals surface area (Å²) in [5.74, 6) is 0.769. The number of rotatable bonds is 6. The summed E-state index contributed by atoms with van der Waals surface area (Å²) in [5, 5.41) is 7.09. The van der Waals surface area contributed by atoms with Crippen molar-refractivity contribution in [1.82, 2.24) is 14.8 Å². The summed E-state index contributed by atoms with van der Waals surface area (Å²) in [6, 6.07) is 23.0. The Bertz CT molecular complexity index is 1210. The number of amides is 1. The predicted octanol–water partition coefficient (Wildman–Crippen LogP) is 3.74. The van der Waals surface area contributed by atoms with Crippen molar-refractivity contribution >= 4 is 11.6 Å². The second-order valence-electron chi connectivity index (χ2n) is 6.41. The lowest BCUT2D eigenvalue weighted by molar-refractivity contribution is -0.117. The number of nitrogens with zero attached hydrogens (tertiary/aromatic N) is 3. The smallest absolute Gasteiger partial charge is 0.267 e. The number of carbonyl (C=O) groups is 1. The zero-order valence-corrected chi connectivity index (χ0v) is 15.9. The topological polar surface area (TPSA) is 86.1 Å². The van der Waals surface area contributed by atoms with Crippen LogP contribution in [0, 0.1) is 0 Å². The molecule has 2 aromatic carbocycles. The number of hydrogen-bond donors (Lipinski definition) is 1. The Morgan fingerprint density at radius 3 is 2.43 bits per heavy atom. The van der Waals surface area contributed by atoms with Gasteiger partial charge in [-0.3, -0.25) is 14.6 Å². The van der Waals surface area contributed by atoms with E-state index in [2.05, 4.69) is 15.4 Å². The lowest BCUT2D eigenvalue weighted by atomic mass is 10.2. The van der Waals surface area contributed by atoms with E-state index in [0.29, 0.717) is 22.9 Å². The van der Waals surface area contributed by atoms with Crippen molar-refractivity contribution in [3.05, 3.63) is 102 Å². The van der Waals surface area contributed by atoms with Gasteiger partial charge in [-0.25, -0.2) is 4.68 Å². The van der Waals surface area contributed by atoms with Crippen molar-refractivity contribution in [1.29, 1.82) is 0 Å². The lowest BCUT2D eigenvalue weighted by Gasteiger charge is -2.13. The van der Waals surface area contributed by atoms with Gasteiger partial charge in [0.2, 0.25) is 5.91 Å². The van der Waals surface area contributed by atoms with E-state index in [1.54, 1.807) is 48.8 Å². The second kappa shape index (κ2) is 8.83. The van der Waals surface area contributed by atoms with Gasteiger partial charge in [0.25, 0.3) is 5.56 Å². The van der Waals surface area contributed by atoms with Gasteiger partial charge in [0.05, 0.1) is 11.4 Å². The molecule has 0 saturated carbocycles. The number of aromatic nitrogens is 3. The van der Waals surface area contributed by atoms with Crippen LogP contribution in [-0.2, 0) is 11.3 Å². The van der Waals surface area contributed by atoms with Gasteiger partial charge >= 0.3 is 0 Å². The Morgan fingerprint density at radius 2 is 1.63 bits per heavy atom. The van der Waals surface area contributed by atoms with E-state index in [-0.39, 0.29) is 18.0 Å². The number of anilines is 1. The number of hydrogen-bond acceptors (Lipinski definition) is 5. The first kappa shape index (κ1) is 19.1. The van der Waals surface area contributed by atoms with Gasteiger partial charge in [0, 0.05) is 24.0 Å². The Kier molecular flexibility index (Phi) is 5.61. The molecule has 2 aromatic heterocycles. The van der Waals surface area contributed by atoms with Crippen LogP contribution in [0.25, 0.3) is 11.3 Å². The zero-order chi connectivity index (χ0) is 20.8. The monoisotopic (exact) mass is 398 g/mol. The van der Waals surface area contributed by atoms with Crippen molar-refractivity contribution in [3.8, 4) is 22.8 Å². The molecule has 0 unspecified atom stereocenters. The summed E-state index contributed by atoms with van der Waals surface area (Å²) in [4.78, 5) is 28.8. The summed E-state index contributed by atoms with van der Waals surface area (Å²) in [7, 11) is 0. The van der Waals surface area contributed by atoms with Crippen LogP contribution in [0.4, 0.5) is 5.69 Å². The minimum Gasteiger partial charge on any atom is -0.455 e. The van der Waals surface area contributed by atoms with E-state index in [1.165, 1.54) is 6.07 Å². The third kappa shape index (κ3) is 4.59. The van der Waals surface area contributed by atoms with E-state index in [9.17, 15) is 9.59 Å². The summed E-state index contributed by atoms with van der Waals surface area (Å²) in [6.07, 6.45) is 3.28. The third-order valence-electron chi connectivity index (χ3n) is 4.27. The molecule has 4 aromatic rings. The molecule has 0 radical (unpaired) electrons. The molecule has 0 spiro atoms. The second-order valence-corrected chi connectivity index (χ2v) is 6.41. The van der Waals surface area contributed by atoms with Crippen molar-refractivity contribution < 1.29 is 9.53 Å². The molecule has 0 bridgehead atoms. The van der Waals surface area contributed by atoms with Gasteiger partial charge in [-0.15, -0.1) is 0 Å². The van der Waals surface area contributed by atoms with E-state index in [4.69, 9.17) is 4.74 Å². The maximum atomic E-state index is 12.6. The van der Waals surface area contributed by atoms with Crippen LogP contribution < -0.4 is 15.6 Å². The van der Waals surface area contributed by atoms with E-state index >= 15 is 0 Å². The number of nitrogens with one attached hydrogen (secondary N) is 1. The van der Waals surface area contributed by atoms with Crippen LogP contribution in [0.1, 0.15) is 0 Å². The molecule has 2 heterocycles. The zero-order valence-electron chi connectivity index (χ0n) is 15.9. The molecule has 1 amide bonds. The third-order valence-corrected chi connectivity index (χ3v) is 4.27. The van der Waals surface area contributed by atoms with Crippen LogP contribution in [-0.4, -0.2) is 20.7 Å². The molecule has 4 rings (SSSR count). The molecular weight excluding hydrogens is 380 g/mol. The van der Waals surface area contributed by atoms with Gasteiger partial charge in [-0.05, 0) is 42.5 Å². The molecule has 0 aliphatic heterocycles. The van der Waals surface area contributed by atoms with Crippen molar-refractivity contribution in [2.45, 2.75) is 6.54 Å². The van der Waals surface area contributed by atoms with Gasteiger partial charge in [-0.1, -0.05) is 30.3 Å². The number of pyridine rings is 1.